The largest absolute Gasteiger partial charge is 0.378 e. The first-order chi connectivity index (χ1) is 11.2. The lowest BCUT2D eigenvalue weighted by Gasteiger charge is -2.40. The number of nitrogens with zero attached hydrogens (tertiary/aromatic N) is 2. The molecule has 6 heteroatoms. The summed E-state index contributed by atoms with van der Waals surface area (Å²) in [6.07, 6.45) is 1.74. The summed E-state index contributed by atoms with van der Waals surface area (Å²) in [5.74, 6) is 0.257. The molecule has 0 saturated carbocycles. The molecule has 1 aromatic carbocycles. The zero-order chi connectivity index (χ0) is 15.9. The first-order valence-electron chi connectivity index (χ1n) is 8.37. The van der Waals surface area contributed by atoms with Gasteiger partial charge in [-0.3, -0.25) is 4.79 Å². The molecule has 4 rings (SSSR count). The van der Waals surface area contributed by atoms with Crippen molar-refractivity contribution in [3.63, 3.8) is 0 Å². The minimum atomic E-state index is -0.364. The van der Waals surface area contributed by atoms with Crippen molar-refractivity contribution in [1.29, 1.82) is 0 Å². The van der Waals surface area contributed by atoms with E-state index in [1.54, 1.807) is 0 Å². The van der Waals surface area contributed by atoms with Crippen LogP contribution in [0.25, 0.3) is 0 Å². The van der Waals surface area contributed by atoms with Crippen LogP contribution in [0.3, 0.4) is 0 Å². The fraction of sp³-hybridized carbons (Fsp3) is 0.588. The number of nitrogens with one attached hydrogen (secondary N) is 2. The van der Waals surface area contributed by atoms with E-state index in [1.165, 1.54) is 0 Å². The third-order valence-corrected chi connectivity index (χ3v) is 5.23. The van der Waals surface area contributed by atoms with Crippen LogP contribution < -0.4 is 15.5 Å². The molecule has 3 aliphatic rings. The topological polar surface area (TPSA) is 56.8 Å². The Balaban J connectivity index is 1.56. The predicted molar refractivity (Wildman–Crippen MR) is 89.6 cm³/mol. The summed E-state index contributed by atoms with van der Waals surface area (Å²) in [6.45, 7) is 4.03. The number of rotatable bonds is 3. The number of likely N-dealkylation sites (N-methyl/N-ethyl adjacent to an activating group) is 1. The summed E-state index contributed by atoms with van der Waals surface area (Å²) in [6, 6.07) is 8.88. The monoisotopic (exact) mass is 316 g/mol. The van der Waals surface area contributed by atoms with Gasteiger partial charge in [-0.05, 0) is 50.2 Å². The number of ether oxygens (including phenoxy) is 1. The molecule has 0 aliphatic carbocycles. The SMILES string of the molecule is CN1CN(c2ccc(NC3COC3)cc2)C2(CCNCC2)C1=O. The highest BCUT2D eigenvalue weighted by molar-refractivity contribution is 5.93. The molecular weight excluding hydrogens is 292 g/mol. The highest BCUT2D eigenvalue weighted by Crippen LogP contribution is 2.37. The number of hydrogen-bond acceptors (Lipinski definition) is 5. The van der Waals surface area contributed by atoms with Crippen LogP contribution in [0, 0.1) is 0 Å². The molecule has 3 fully saturated rings. The quantitative estimate of drug-likeness (QED) is 0.866. The fourth-order valence-corrected chi connectivity index (χ4v) is 3.83. The van der Waals surface area contributed by atoms with E-state index in [9.17, 15) is 4.79 Å². The molecule has 0 bridgehead atoms. The van der Waals surface area contributed by atoms with Gasteiger partial charge in [-0.15, -0.1) is 0 Å². The Hall–Kier alpha value is -1.79. The number of hydrogen-bond donors (Lipinski definition) is 2. The second-order valence-electron chi connectivity index (χ2n) is 6.78. The van der Waals surface area contributed by atoms with Crippen molar-refractivity contribution in [2.75, 3.05) is 50.2 Å². The van der Waals surface area contributed by atoms with Crippen molar-refractivity contribution in [2.45, 2.75) is 24.4 Å². The molecule has 3 aliphatic heterocycles. The van der Waals surface area contributed by atoms with Crippen LogP contribution >= 0.6 is 0 Å². The molecule has 0 radical (unpaired) electrons. The van der Waals surface area contributed by atoms with Gasteiger partial charge in [-0.25, -0.2) is 0 Å². The highest BCUT2D eigenvalue weighted by Gasteiger charge is 2.51. The normalized spacial score (nSPS) is 24.1. The molecule has 0 aromatic heterocycles. The minimum absolute atomic E-state index is 0.257. The van der Waals surface area contributed by atoms with Crippen LogP contribution in [0.2, 0.25) is 0 Å². The van der Waals surface area contributed by atoms with E-state index < -0.39 is 0 Å². The third-order valence-electron chi connectivity index (χ3n) is 5.23. The van der Waals surface area contributed by atoms with Gasteiger partial charge in [0.25, 0.3) is 0 Å². The van der Waals surface area contributed by atoms with Crippen LogP contribution in [0.1, 0.15) is 12.8 Å². The van der Waals surface area contributed by atoms with E-state index in [0.29, 0.717) is 12.7 Å². The maximum absolute atomic E-state index is 12.8. The standard InChI is InChI=1S/C17H24N4O2/c1-20-12-21(17(16(20)22)6-8-18-9-7-17)15-4-2-13(3-5-15)19-14-10-23-11-14/h2-5,14,18-19H,6-12H2,1H3. The zero-order valence-corrected chi connectivity index (χ0v) is 13.5. The number of piperidine rings is 1. The average molecular weight is 316 g/mol. The Morgan fingerprint density at radius 1 is 1.22 bits per heavy atom. The van der Waals surface area contributed by atoms with Gasteiger partial charge >= 0.3 is 0 Å². The Morgan fingerprint density at radius 2 is 1.91 bits per heavy atom. The maximum Gasteiger partial charge on any atom is 0.249 e. The molecule has 1 amide bonds. The van der Waals surface area contributed by atoms with E-state index >= 15 is 0 Å². The van der Waals surface area contributed by atoms with Crippen molar-refractivity contribution >= 4 is 17.3 Å². The van der Waals surface area contributed by atoms with Gasteiger partial charge in [-0.2, -0.15) is 0 Å². The molecule has 1 aromatic rings. The molecule has 2 N–H and O–H groups in total. The average Bonchev–Trinajstić information content (AvgIpc) is 2.78. The number of amides is 1. The van der Waals surface area contributed by atoms with Crippen molar-refractivity contribution in [2.24, 2.45) is 0 Å². The lowest BCUT2D eigenvalue weighted by atomic mass is 9.86. The third kappa shape index (κ3) is 2.46. The summed E-state index contributed by atoms with van der Waals surface area (Å²) in [5, 5.41) is 6.82. The summed E-state index contributed by atoms with van der Waals surface area (Å²) in [5.41, 5.74) is 1.87. The lowest BCUT2D eigenvalue weighted by Crippen LogP contribution is -2.55. The summed E-state index contributed by atoms with van der Waals surface area (Å²) < 4.78 is 5.19. The van der Waals surface area contributed by atoms with Gasteiger partial charge in [0, 0.05) is 18.4 Å². The molecule has 124 valence electrons. The molecule has 0 unspecified atom stereocenters. The van der Waals surface area contributed by atoms with Gasteiger partial charge in [-0.1, -0.05) is 0 Å². The van der Waals surface area contributed by atoms with E-state index in [-0.39, 0.29) is 11.4 Å². The number of carbonyl (C=O) groups is 1. The molecule has 3 saturated heterocycles. The number of benzene rings is 1. The first-order valence-corrected chi connectivity index (χ1v) is 8.37. The Kier molecular flexibility index (Phi) is 3.66. The minimum Gasteiger partial charge on any atom is -0.378 e. The second-order valence-corrected chi connectivity index (χ2v) is 6.78. The Labute approximate surface area is 136 Å². The second kappa shape index (κ2) is 5.69. The number of carbonyl (C=O) groups excluding carboxylic acids is 1. The summed E-state index contributed by atoms with van der Waals surface area (Å²) >= 11 is 0. The van der Waals surface area contributed by atoms with Crippen molar-refractivity contribution in [3.8, 4) is 0 Å². The van der Waals surface area contributed by atoms with Gasteiger partial charge in [0.1, 0.15) is 5.54 Å². The van der Waals surface area contributed by atoms with E-state index in [0.717, 1.165) is 50.5 Å². The number of anilines is 2. The summed E-state index contributed by atoms with van der Waals surface area (Å²) in [7, 11) is 1.90. The van der Waals surface area contributed by atoms with Gasteiger partial charge < -0.3 is 25.2 Å². The van der Waals surface area contributed by atoms with Crippen molar-refractivity contribution in [1.82, 2.24) is 10.2 Å². The molecule has 1 spiro atoms. The first kappa shape index (κ1) is 14.8. The lowest BCUT2D eigenvalue weighted by molar-refractivity contribution is -0.131. The predicted octanol–water partition coefficient (Wildman–Crippen LogP) is 0.855. The van der Waals surface area contributed by atoms with Crippen LogP contribution in [-0.2, 0) is 9.53 Å². The highest BCUT2D eigenvalue weighted by atomic mass is 16.5. The van der Waals surface area contributed by atoms with E-state index in [4.69, 9.17) is 4.74 Å². The van der Waals surface area contributed by atoms with Gasteiger partial charge in [0.15, 0.2) is 0 Å². The van der Waals surface area contributed by atoms with E-state index in [2.05, 4.69) is 39.8 Å². The van der Waals surface area contributed by atoms with E-state index in [1.807, 2.05) is 11.9 Å². The Morgan fingerprint density at radius 3 is 2.52 bits per heavy atom. The van der Waals surface area contributed by atoms with Crippen LogP contribution in [0.15, 0.2) is 24.3 Å². The van der Waals surface area contributed by atoms with Crippen molar-refractivity contribution < 1.29 is 9.53 Å². The fourth-order valence-electron chi connectivity index (χ4n) is 3.83. The maximum atomic E-state index is 12.8. The molecular formula is C17H24N4O2. The molecule has 0 atom stereocenters. The van der Waals surface area contributed by atoms with Crippen LogP contribution in [0.5, 0.6) is 0 Å². The molecule has 23 heavy (non-hydrogen) atoms. The molecule has 3 heterocycles. The van der Waals surface area contributed by atoms with Crippen molar-refractivity contribution in [3.05, 3.63) is 24.3 Å². The smallest absolute Gasteiger partial charge is 0.249 e. The molecule has 6 nitrogen and oxygen atoms in total. The zero-order valence-electron chi connectivity index (χ0n) is 13.5. The van der Waals surface area contributed by atoms with Gasteiger partial charge in [0.05, 0.1) is 25.9 Å². The summed E-state index contributed by atoms with van der Waals surface area (Å²) in [4.78, 5) is 16.9. The van der Waals surface area contributed by atoms with Crippen LogP contribution in [-0.4, -0.2) is 62.4 Å². The Bertz CT molecular complexity index is 579. The van der Waals surface area contributed by atoms with Gasteiger partial charge in [0.2, 0.25) is 5.91 Å². The van der Waals surface area contributed by atoms with Crippen LogP contribution in [0.4, 0.5) is 11.4 Å².